The molecule has 0 aliphatic carbocycles. The minimum absolute atomic E-state index is 0.167. The summed E-state index contributed by atoms with van der Waals surface area (Å²) in [5, 5.41) is 0. The lowest BCUT2D eigenvalue weighted by Crippen LogP contribution is -1.97. The van der Waals surface area contributed by atoms with Crippen molar-refractivity contribution >= 4 is 15.9 Å². The molecule has 0 unspecified atom stereocenters. The molecule has 0 atom stereocenters. The fraction of sp³-hybridized carbons (Fsp3) is 0.0833. The number of hydrogen-bond acceptors (Lipinski definition) is 2. The third-order valence-corrected chi connectivity index (χ3v) is 2.56. The van der Waals surface area contributed by atoms with Crippen LogP contribution in [0.5, 0.6) is 5.75 Å². The molecule has 0 aliphatic rings. The number of aromatic nitrogens is 1. The second kappa shape index (κ2) is 5.23. The van der Waals surface area contributed by atoms with Crippen LogP contribution in [0.15, 0.2) is 41.1 Å². The number of nitrogens with zero attached hydrogens (tertiary/aromatic N) is 1. The maximum Gasteiger partial charge on any atom is 0.159 e. The zero-order valence-corrected chi connectivity index (χ0v) is 10.2. The second-order valence-electron chi connectivity index (χ2n) is 3.35. The Balaban J connectivity index is 2.02. The van der Waals surface area contributed by atoms with Gasteiger partial charge in [-0.15, -0.1) is 0 Å². The Kier molecular flexibility index (Phi) is 3.68. The van der Waals surface area contributed by atoms with Crippen molar-refractivity contribution < 1.29 is 13.5 Å². The van der Waals surface area contributed by atoms with Gasteiger partial charge in [0.05, 0.1) is 6.20 Å². The maximum atomic E-state index is 12.9. The monoisotopic (exact) mass is 299 g/mol. The summed E-state index contributed by atoms with van der Waals surface area (Å²) in [5.74, 6) is -1.17. The minimum Gasteiger partial charge on any atom is -0.487 e. The summed E-state index contributed by atoms with van der Waals surface area (Å²) in [5.41, 5.74) is 0.562. The molecule has 0 spiro atoms. The van der Waals surface area contributed by atoms with Gasteiger partial charge in [0.2, 0.25) is 0 Å². The normalized spacial score (nSPS) is 10.3. The predicted molar refractivity (Wildman–Crippen MR) is 62.6 cm³/mol. The first-order valence-electron chi connectivity index (χ1n) is 4.83. The Morgan fingerprint density at radius 1 is 1.12 bits per heavy atom. The van der Waals surface area contributed by atoms with Gasteiger partial charge in [-0.25, -0.2) is 13.8 Å². The Morgan fingerprint density at radius 2 is 1.94 bits per heavy atom. The number of ether oxygens (including phenoxy) is 1. The first kappa shape index (κ1) is 12.0. The number of hydrogen-bond donors (Lipinski definition) is 0. The van der Waals surface area contributed by atoms with Crippen LogP contribution < -0.4 is 4.74 Å². The lowest BCUT2D eigenvalue weighted by molar-refractivity contribution is 0.303. The molecule has 88 valence electrons. The Morgan fingerprint density at radius 3 is 2.59 bits per heavy atom. The molecule has 1 heterocycles. The lowest BCUT2D eigenvalue weighted by atomic mass is 10.2. The van der Waals surface area contributed by atoms with E-state index in [4.69, 9.17) is 4.74 Å². The van der Waals surface area contributed by atoms with E-state index in [9.17, 15) is 8.78 Å². The van der Waals surface area contributed by atoms with Gasteiger partial charge >= 0.3 is 0 Å². The zero-order valence-electron chi connectivity index (χ0n) is 8.66. The minimum atomic E-state index is -0.875. The highest BCUT2D eigenvalue weighted by atomic mass is 79.9. The molecule has 0 saturated carbocycles. The van der Waals surface area contributed by atoms with E-state index in [0.29, 0.717) is 15.9 Å². The molecule has 2 rings (SSSR count). The van der Waals surface area contributed by atoms with Crippen LogP contribution in [-0.2, 0) is 6.61 Å². The van der Waals surface area contributed by atoms with Crippen LogP contribution in [0.25, 0.3) is 0 Å². The maximum absolute atomic E-state index is 12.9. The summed E-state index contributed by atoms with van der Waals surface area (Å²) in [6.45, 7) is 0.167. The van der Waals surface area contributed by atoms with Crippen LogP contribution in [0.3, 0.4) is 0 Å². The Bertz CT molecular complexity index is 516. The SMILES string of the molecule is Fc1ccc(COc2ccc(Br)nc2)cc1F. The predicted octanol–water partition coefficient (Wildman–Crippen LogP) is 3.70. The number of halogens is 3. The molecule has 0 bridgehead atoms. The molecule has 0 saturated heterocycles. The van der Waals surface area contributed by atoms with Crippen molar-refractivity contribution in [3.05, 3.63) is 58.3 Å². The van der Waals surface area contributed by atoms with Gasteiger partial charge in [-0.05, 0) is 45.8 Å². The molecule has 1 aromatic carbocycles. The molecule has 0 N–H and O–H groups in total. The van der Waals surface area contributed by atoms with Crippen LogP contribution in [0.2, 0.25) is 0 Å². The molecular formula is C12H8BrF2NO. The fourth-order valence-corrected chi connectivity index (χ4v) is 1.48. The van der Waals surface area contributed by atoms with Gasteiger partial charge in [0.15, 0.2) is 11.6 Å². The lowest BCUT2D eigenvalue weighted by Gasteiger charge is -2.06. The van der Waals surface area contributed by atoms with Crippen molar-refractivity contribution in [2.75, 3.05) is 0 Å². The highest BCUT2D eigenvalue weighted by Crippen LogP contribution is 2.15. The summed E-state index contributed by atoms with van der Waals surface area (Å²) < 4.78 is 31.7. The van der Waals surface area contributed by atoms with Gasteiger partial charge in [-0.2, -0.15) is 0 Å². The van der Waals surface area contributed by atoms with Crippen LogP contribution in [0, 0.1) is 11.6 Å². The average molecular weight is 300 g/mol. The molecule has 17 heavy (non-hydrogen) atoms. The van der Waals surface area contributed by atoms with Crippen LogP contribution in [0.1, 0.15) is 5.56 Å². The van der Waals surface area contributed by atoms with E-state index in [2.05, 4.69) is 20.9 Å². The van der Waals surface area contributed by atoms with Gasteiger partial charge in [0.25, 0.3) is 0 Å². The van der Waals surface area contributed by atoms with E-state index < -0.39 is 11.6 Å². The first-order chi connectivity index (χ1) is 8.15. The van der Waals surface area contributed by atoms with Crippen LogP contribution in [-0.4, -0.2) is 4.98 Å². The molecule has 1 aromatic heterocycles. The van der Waals surface area contributed by atoms with E-state index in [1.165, 1.54) is 6.07 Å². The second-order valence-corrected chi connectivity index (χ2v) is 4.17. The van der Waals surface area contributed by atoms with Crippen LogP contribution >= 0.6 is 15.9 Å². The third-order valence-electron chi connectivity index (χ3n) is 2.09. The van der Waals surface area contributed by atoms with E-state index in [1.54, 1.807) is 18.3 Å². The van der Waals surface area contributed by atoms with Crippen molar-refractivity contribution in [3.8, 4) is 5.75 Å². The number of rotatable bonds is 3. The van der Waals surface area contributed by atoms with E-state index in [0.717, 1.165) is 12.1 Å². The summed E-state index contributed by atoms with van der Waals surface area (Å²) in [6.07, 6.45) is 1.55. The van der Waals surface area contributed by atoms with Crippen molar-refractivity contribution in [3.63, 3.8) is 0 Å². The molecule has 2 nitrogen and oxygen atoms in total. The van der Waals surface area contributed by atoms with Gasteiger partial charge in [0.1, 0.15) is 17.0 Å². The largest absolute Gasteiger partial charge is 0.487 e. The first-order valence-corrected chi connectivity index (χ1v) is 5.63. The van der Waals surface area contributed by atoms with Crippen LogP contribution in [0.4, 0.5) is 8.78 Å². The van der Waals surface area contributed by atoms with Gasteiger partial charge < -0.3 is 4.74 Å². The standard InChI is InChI=1S/C12H8BrF2NO/c13-12-4-2-9(6-16-12)17-7-8-1-3-10(14)11(15)5-8/h1-6H,7H2. The molecule has 0 radical (unpaired) electrons. The smallest absolute Gasteiger partial charge is 0.159 e. The van der Waals surface area contributed by atoms with E-state index in [1.807, 2.05) is 0 Å². The van der Waals surface area contributed by atoms with E-state index in [-0.39, 0.29) is 6.61 Å². The molecular weight excluding hydrogens is 292 g/mol. The Labute approximate surface area is 105 Å². The highest BCUT2D eigenvalue weighted by molar-refractivity contribution is 9.10. The quantitative estimate of drug-likeness (QED) is 0.806. The van der Waals surface area contributed by atoms with Gasteiger partial charge in [0, 0.05) is 0 Å². The Hall–Kier alpha value is -1.49. The zero-order chi connectivity index (χ0) is 12.3. The molecule has 0 aliphatic heterocycles. The summed E-state index contributed by atoms with van der Waals surface area (Å²) in [4.78, 5) is 3.98. The highest BCUT2D eigenvalue weighted by Gasteiger charge is 2.03. The summed E-state index contributed by atoms with van der Waals surface area (Å²) in [7, 11) is 0. The third kappa shape index (κ3) is 3.23. The van der Waals surface area contributed by atoms with Gasteiger partial charge in [-0.3, -0.25) is 0 Å². The summed E-state index contributed by atoms with van der Waals surface area (Å²) >= 11 is 3.20. The molecule has 2 aromatic rings. The van der Waals surface area contributed by atoms with Crippen molar-refractivity contribution in [2.24, 2.45) is 0 Å². The fourth-order valence-electron chi connectivity index (χ4n) is 1.24. The number of pyridine rings is 1. The topological polar surface area (TPSA) is 22.1 Å². The van der Waals surface area contributed by atoms with Crippen molar-refractivity contribution in [1.82, 2.24) is 4.98 Å². The molecule has 5 heteroatoms. The van der Waals surface area contributed by atoms with Crippen molar-refractivity contribution in [2.45, 2.75) is 6.61 Å². The number of benzene rings is 1. The van der Waals surface area contributed by atoms with Crippen molar-refractivity contribution in [1.29, 1.82) is 0 Å². The average Bonchev–Trinajstić information content (AvgIpc) is 2.33. The van der Waals surface area contributed by atoms with Gasteiger partial charge in [-0.1, -0.05) is 6.07 Å². The molecule has 0 amide bonds. The summed E-state index contributed by atoms with van der Waals surface area (Å²) in [6, 6.07) is 7.14. The molecule has 0 fully saturated rings. The van der Waals surface area contributed by atoms with E-state index >= 15 is 0 Å².